The summed E-state index contributed by atoms with van der Waals surface area (Å²) < 4.78 is 5.90. The number of likely N-dealkylation sites (tertiary alicyclic amines) is 1. The van der Waals surface area contributed by atoms with Crippen LogP contribution < -0.4 is 5.32 Å². The Morgan fingerprint density at radius 1 is 1.30 bits per heavy atom. The number of nitrogens with one attached hydrogen (secondary N) is 1. The fourth-order valence-electron chi connectivity index (χ4n) is 3.18. The van der Waals surface area contributed by atoms with Crippen LogP contribution in [0.3, 0.4) is 0 Å². The second-order valence-corrected chi connectivity index (χ2v) is 8.88. The van der Waals surface area contributed by atoms with Crippen LogP contribution in [0.15, 0.2) is 28.7 Å². The van der Waals surface area contributed by atoms with Gasteiger partial charge in [0.1, 0.15) is 10.5 Å². The molecule has 1 fully saturated rings. The number of carbonyl (C=O) groups excluding carboxylic acids is 1. The molecule has 0 bridgehead atoms. The zero-order valence-corrected chi connectivity index (χ0v) is 16.5. The highest BCUT2D eigenvalue weighted by molar-refractivity contribution is 7.15. The molecule has 1 aliphatic heterocycles. The van der Waals surface area contributed by atoms with Crippen LogP contribution in [-0.2, 0) is 5.41 Å². The van der Waals surface area contributed by atoms with Gasteiger partial charge in [-0.2, -0.15) is 0 Å². The maximum absolute atomic E-state index is 12.7. The average Bonchev–Trinajstić information content (AvgIpc) is 3.28. The Kier molecular flexibility index (Phi) is 4.59. The minimum absolute atomic E-state index is 0.0795. The third-order valence-corrected chi connectivity index (χ3v) is 5.91. The summed E-state index contributed by atoms with van der Waals surface area (Å²) in [5.41, 5.74) is 1.57. The van der Waals surface area contributed by atoms with E-state index in [2.05, 4.69) is 41.3 Å². The van der Waals surface area contributed by atoms with Crippen molar-refractivity contribution in [2.45, 2.75) is 44.9 Å². The van der Waals surface area contributed by atoms with Gasteiger partial charge in [0.2, 0.25) is 5.13 Å². The zero-order chi connectivity index (χ0) is 19.0. The Morgan fingerprint density at radius 3 is 2.85 bits per heavy atom. The molecule has 1 aromatic carbocycles. The van der Waals surface area contributed by atoms with Gasteiger partial charge in [-0.05, 0) is 25.0 Å². The van der Waals surface area contributed by atoms with E-state index in [0.717, 1.165) is 28.9 Å². The quantitative estimate of drug-likeness (QED) is 0.707. The number of oxazole rings is 1. The minimum Gasteiger partial charge on any atom is -0.440 e. The molecule has 3 heterocycles. The van der Waals surface area contributed by atoms with Gasteiger partial charge in [0, 0.05) is 18.5 Å². The van der Waals surface area contributed by atoms with Crippen molar-refractivity contribution < 1.29 is 9.21 Å². The van der Waals surface area contributed by atoms with Crippen LogP contribution >= 0.6 is 11.3 Å². The highest BCUT2D eigenvalue weighted by atomic mass is 32.1. The molecule has 1 aliphatic rings. The van der Waals surface area contributed by atoms with E-state index in [1.165, 1.54) is 11.3 Å². The number of piperidine rings is 1. The summed E-state index contributed by atoms with van der Waals surface area (Å²) in [6, 6.07) is 7.60. The molecule has 3 aromatic rings. The smallest absolute Gasteiger partial charge is 0.323 e. The molecule has 142 valence electrons. The van der Waals surface area contributed by atoms with Crippen LogP contribution in [0.1, 0.15) is 50.4 Å². The van der Waals surface area contributed by atoms with Gasteiger partial charge in [-0.25, -0.2) is 9.78 Å². The van der Waals surface area contributed by atoms with Crippen molar-refractivity contribution in [3.63, 3.8) is 0 Å². The number of hydrogen-bond acceptors (Lipinski definition) is 6. The van der Waals surface area contributed by atoms with Crippen molar-refractivity contribution in [1.29, 1.82) is 0 Å². The van der Waals surface area contributed by atoms with Crippen LogP contribution in [-0.4, -0.2) is 39.2 Å². The van der Waals surface area contributed by atoms with E-state index in [4.69, 9.17) is 4.42 Å². The number of fused-ring (bicyclic) bond motifs is 1. The molecular weight excluding hydrogens is 362 g/mol. The zero-order valence-electron chi connectivity index (χ0n) is 15.7. The topological polar surface area (TPSA) is 84.2 Å². The first-order valence-corrected chi connectivity index (χ1v) is 9.97. The molecule has 8 heteroatoms. The number of hydrogen-bond donors (Lipinski definition) is 1. The van der Waals surface area contributed by atoms with E-state index in [1.54, 1.807) is 4.90 Å². The van der Waals surface area contributed by atoms with Crippen LogP contribution in [0.5, 0.6) is 0 Å². The standard InChI is InChI=1S/C19H23N5O2S/c1-19(2,3)16-22-23-17(27-16)21-18(25)24-10-6-7-12(11-24)15-20-13-8-4-5-9-14(13)26-15/h4-5,8-9,12H,6-7,10-11H2,1-3H3,(H,21,23,25). The van der Waals surface area contributed by atoms with Crippen molar-refractivity contribution in [1.82, 2.24) is 20.1 Å². The van der Waals surface area contributed by atoms with Gasteiger partial charge in [-0.1, -0.05) is 44.2 Å². The van der Waals surface area contributed by atoms with Gasteiger partial charge < -0.3 is 9.32 Å². The Morgan fingerprint density at radius 2 is 2.11 bits per heavy atom. The van der Waals surface area contributed by atoms with Crippen LogP contribution in [0.4, 0.5) is 9.93 Å². The second-order valence-electron chi connectivity index (χ2n) is 7.90. The third-order valence-electron chi connectivity index (χ3n) is 4.65. The molecule has 2 amide bonds. The highest BCUT2D eigenvalue weighted by Crippen LogP contribution is 2.30. The predicted octanol–water partition coefficient (Wildman–Crippen LogP) is 4.39. The van der Waals surface area contributed by atoms with Gasteiger partial charge in [0.05, 0.1) is 5.92 Å². The largest absolute Gasteiger partial charge is 0.440 e. The Hall–Kier alpha value is -2.48. The molecule has 0 saturated carbocycles. The van der Waals surface area contributed by atoms with Crippen LogP contribution in [0, 0.1) is 0 Å². The summed E-state index contributed by atoms with van der Waals surface area (Å²) in [5, 5.41) is 12.6. The maximum Gasteiger partial charge on any atom is 0.323 e. The van der Waals surface area contributed by atoms with Gasteiger partial charge in [0.25, 0.3) is 0 Å². The summed E-state index contributed by atoms with van der Waals surface area (Å²) in [4.78, 5) is 19.1. The fraction of sp³-hybridized carbons (Fsp3) is 0.474. The lowest BCUT2D eigenvalue weighted by Crippen LogP contribution is -2.41. The number of amides is 2. The van der Waals surface area contributed by atoms with Gasteiger partial charge in [-0.3, -0.25) is 5.32 Å². The number of para-hydroxylation sites is 2. The van der Waals surface area contributed by atoms with Crippen molar-refractivity contribution in [2.75, 3.05) is 18.4 Å². The van der Waals surface area contributed by atoms with E-state index in [-0.39, 0.29) is 17.4 Å². The van der Waals surface area contributed by atoms with Crippen molar-refractivity contribution >= 4 is 33.6 Å². The number of urea groups is 1. The summed E-state index contributed by atoms with van der Waals surface area (Å²) in [5.74, 6) is 0.816. The first kappa shape index (κ1) is 17.9. The molecule has 27 heavy (non-hydrogen) atoms. The van der Waals surface area contributed by atoms with Gasteiger partial charge in [0.15, 0.2) is 11.5 Å². The van der Waals surface area contributed by atoms with E-state index >= 15 is 0 Å². The molecule has 1 N–H and O–H groups in total. The minimum atomic E-state index is -0.146. The Balaban J connectivity index is 1.44. The first-order chi connectivity index (χ1) is 12.9. The summed E-state index contributed by atoms with van der Waals surface area (Å²) in [6.07, 6.45) is 1.88. The molecule has 1 atom stereocenters. The lowest BCUT2D eigenvalue weighted by molar-refractivity contribution is 0.187. The molecule has 4 rings (SSSR count). The van der Waals surface area contributed by atoms with E-state index < -0.39 is 0 Å². The molecule has 7 nitrogen and oxygen atoms in total. The number of aromatic nitrogens is 3. The normalized spacial score (nSPS) is 18.0. The highest BCUT2D eigenvalue weighted by Gasteiger charge is 2.29. The van der Waals surface area contributed by atoms with Crippen molar-refractivity contribution in [3.8, 4) is 0 Å². The number of nitrogens with zero attached hydrogens (tertiary/aromatic N) is 4. The lowest BCUT2D eigenvalue weighted by atomic mass is 9.98. The number of rotatable bonds is 2. The molecule has 1 saturated heterocycles. The molecular formula is C19H23N5O2S. The molecule has 2 aromatic heterocycles. The Labute approximate surface area is 161 Å². The van der Waals surface area contributed by atoms with Gasteiger partial charge in [-0.15, -0.1) is 10.2 Å². The molecule has 0 radical (unpaired) electrons. The summed E-state index contributed by atoms with van der Waals surface area (Å²) in [6.45, 7) is 7.54. The molecule has 0 aliphatic carbocycles. The fourth-order valence-corrected chi connectivity index (χ4v) is 3.97. The summed E-state index contributed by atoms with van der Waals surface area (Å²) in [7, 11) is 0. The second kappa shape index (κ2) is 6.92. The van der Waals surface area contributed by atoms with Crippen LogP contribution in [0.2, 0.25) is 0 Å². The van der Waals surface area contributed by atoms with Crippen molar-refractivity contribution in [3.05, 3.63) is 35.2 Å². The average molecular weight is 385 g/mol. The number of benzene rings is 1. The molecule has 0 spiro atoms. The number of carbonyl (C=O) groups is 1. The van der Waals surface area contributed by atoms with Gasteiger partial charge >= 0.3 is 6.03 Å². The number of anilines is 1. The van der Waals surface area contributed by atoms with E-state index in [9.17, 15) is 4.79 Å². The lowest BCUT2D eigenvalue weighted by Gasteiger charge is -2.30. The molecule has 1 unspecified atom stereocenters. The predicted molar refractivity (Wildman–Crippen MR) is 105 cm³/mol. The van der Waals surface area contributed by atoms with Crippen molar-refractivity contribution in [2.24, 2.45) is 0 Å². The Bertz CT molecular complexity index is 925. The van der Waals surface area contributed by atoms with E-state index in [0.29, 0.717) is 24.1 Å². The maximum atomic E-state index is 12.7. The van der Waals surface area contributed by atoms with E-state index in [1.807, 2.05) is 24.3 Å². The SMILES string of the molecule is CC(C)(C)c1nnc(NC(=O)N2CCCC(c3nc4ccccc4o3)C2)s1. The monoisotopic (exact) mass is 385 g/mol. The summed E-state index contributed by atoms with van der Waals surface area (Å²) >= 11 is 1.42. The van der Waals surface area contributed by atoms with Crippen LogP contribution in [0.25, 0.3) is 11.1 Å². The third kappa shape index (κ3) is 3.80. The first-order valence-electron chi connectivity index (χ1n) is 9.15.